The Bertz CT molecular complexity index is 770. The monoisotopic (exact) mass is 355 g/mol. The topological polar surface area (TPSA) is 59.0 Å². The van der Waals surface area contributed by atoms with Crippen molar-refractivity contribution >= 4 is 5.97 Å². The molecule has 5 nitrogen and oxygen atoms in total. The molecule has 1 aliphatic rings. The normalized spacial score (nSPS) is 16.3. The number of esters is 1. The van der Waals surface area contributed by atoms with Gasteiger partial charge in [-0.25, -0.2) is 0 Å². The molecule has 0 saturated heterocycles. The first-order valence-corrected chi connectivity index (χ1v) is 9.09. The maximum atomic E-state index is 12.0. The quantitative estimate of drug-likeness (QED) is 0.608. The lowest BCUT2D eigenvalue weighted by Crippen LogP contribution is -2.27. The number of nitrogens with zero attached hydrogens (tertiary/aromatic N) is 1. The van der Waals surface area contributed by atoms with E-state index in [-0.39, 0.29) is 24.1 Å². The van der Waals surface area contributed by atoms with Crippen LogP contribution in [0.3, 0.4) is 0 Å². The van der Waals surface area contributed by atoms with E-state index in [1.54, 1.807) is 6.07 Å². The maximum Gasteiger partial charge on any atom is 0.312 e. The summed E-state index contributed by atoms with van der Waals surface area (Å²) in [7, 11) is 0. The van der Waals surface area contributed by atoms with Crippen LogP contribution in [0.2, 0.25) is 0 Å². The van der Waals surface area contributed by atoms with Gasteiger partial charge in [-0.05, 0) is 36.9 Å². The van der Waals surface area contributed by atoms with Gasteiger partial charge < -0.3 is 19.5 Å². The second-order valence-electron chi connectivity index (χ2n) is 6.40. The highest BCUT2D eigenvalue weighted by Gasteiger charge is 2.28. The third-order valence-electron chi connectivity index (χ3n) is 4.80. The van der Waals surface area contributed by atoms with Crippen molar-refractivity contribution in [3.05, 3.63) is 53.6 Å². The molecule has 1 heterocycles. The van der Waals surface area contributed by atoms with Crippen molar-refractivity contribution in [3.63, 3.8) is 0 Å². The van der Waals surface area contributed by atoms with Crippen LogP contribution in [0.5, 0.6) is 17.2 Å². The van der Waals surface area contributed by atoms with E-state index >= 15 is 0 Å². The summed E-state index contributed by atoms with van der Waals surface area (Å²) in [5, 5.41) is 9.64. The predicted octanol–water partition coefficient (Wildman–Crippen LogP) is 3.55. The molecule has 1 aliphatic heterocycles. The largest absolute Gasteiger partial charge is 0.508 e. The number of phenols is 1. The number of hydrogen-bond donors (Lipinski definition) is 1. The van der Waals surface area contributed by atoms with Crippen LogP contribution >= 0.6 is 0 Å². The number of phenolic OH excluding ortho intramolecular Hbond substituents is 1. The van der Waals surface area contributed by atoms with Gasteiger partial charge in [0.15, 0.2) is 0 Å². The Morgan fingerprint density at radius 1 is 1.19 bits per heavy atom. The van der Waals surface area contributed by atoms with Crippen LogP contribution < -0.4 is 9.47 Å². The number of carbonyl (C=O) groups is 1. The van der Waals surface area contributed by atoms with Gasteiger partial charge in [0, 0.05) is 24.1 Å². The standard InChI is InChI=1S/C21H25NO4/c1-3-22(4-2)10-11-25-17-7-5-6-15(12-17)19-14-21(24)26-20-13-16(23)8-9-18(19)20/h5-9,12-13,19,23H,3-4,10-11,14H2,1-2H3. The summed E-state index contributed by atoms with van der Waals surface area (Å²) in [6.07, 6.45) is 0.278. The summed E-state index contributed by atoms with van der Waals surface area (Å²) in [6.45, 7) is 7.81. The van der Waals surface area contributed by atoms with Gasteiger partial charge >= 0.3 is 5.97 Å². The van der Waals surface area contributed by atoms with Crippen molar-refractivity contribution in [2.75, 3.05) is 26.2 Å². The lowest BCUT2D eigenvalue weighted by Gasteiger charge is -2.25. The van der Waals surface area contributed by atoms with Gasteiger partial charge in [-0.3, -0.25) is 4.79 Å². The third kappa shape index (κ3) is 4.17. The second-order valence-corrected chi connectivity index (χ2v) is 6.40. The van der Waals surface area contributed by atoms with E-state index in [4.69, 9.17) is 9.47 Å². The van der Waals surface area contributed by atoms with Crippen LogP contribution in [0.4, 0.5) is 0 Å². The second kappa shape index (κ2) is 8.23. The molecule has 1 unspecified atom stereocenters. The van der Waals surface area contributed by atoms with E-state index in [2.05, 4.69) is 18.7 Å². The van der Waals surface area contributed by atoms with Crippen LogP contribution in [0.25, 0.3) is 0 Å². The van der Waals surface area contributed by atoms with Gasteiger partial charge in [-0.2, -0.15) is 0 Å². The molecule has 0 radical (unpaired) electrons. The molecule has 5 heteroatoms. The predicted molar refractivity (Wildman–Crippen MR) is 99.9 cm³/mol. The zero-order valence-corrected chi connectivity index (χ0v) is 15.3. The molecule has 0 bridgehead atoms. The number of rotatable bonds is 7. The van der Waals surface area contributed by atoms with Gasteiger partial charge in [-0.1, -0.05) is 32.0 Å². The highest BCUT2D eigenvalue weighted by Crippen LogP contribution is 2.40. The van der Waals surface area contributed by atoms with Crippen LogP contribution in [-0.2, 0) is 4.79 Å². The maximum absolute atomic E-state index is 12.0. The van der Waals surface area contributed by atoms with Crippen molar-refractivity contribution in [1.82, 2.24) is 4.90 Å². The Morgan fingerprint density at radius 3 is 2.77 bits per heavy atom. The highest BCUT2D eigenvalue weighted by atomic mass is 16.5. The first-order chi connectivity index (χ1) is 12.6. The summed E-state index contributed by atoms with van der Waals surface area (Å²) in [5.41, 5.74) is 1.91. The van der Waals surface area contributed by atoms with Crippen LogP contribution in [-0.4, -0.2) is 42.2 Å². The molecule has 0 aliphatic carbocycles. The van der Waals surface area contributed by atoms with Gasteiger partial charge in [0.2, 0.25) is 0 Å². The summed E-state index contributed by atoms with van der Waals surface area (Å²) < 4.78 is 11.2. The number of aromatic hydroxyl groups is 1. The van der Waals surface area contributed by atoms with Gasteiger partial charge in [0.1, 0.15) is 23.9 Å². The number of carbonyl (C=O) groups excluding carboxylic acids is 1. The number of likely N-dealkylation sites (N-methyl/N-ethyl adjacent to an activating group) is 1. The first-order valence-electron chi connectivity index (χ1n) is 9.09. The van der Waals surface area contributed by atoms with Crippen molar-refractivity contribution in [2.45, 2.75) is 26.2 Å². The van der Waals surface area contributed by atoms with Crippen molar-refractivity contribution in [1.29, 1.82) is 0 Å². The minimum absolute atomic E-state index is 0.0886. The number of hydrogen-bond acceptors (Lipinski definition) is 5. The fourth-order valence-corrected chi connectivity index (χ4v) is 3.29. The Labute approximate surface area is 154 Å². The lowest BCUT2D eigenvalue weighted by molar-refractivity contribution is -0.135. The molecule has 0 saturated carbocycles. The Morgan fingerprint density at radius 2 is 2.00 bits per heavy atom. The van der Waals surface area contributed by atoms with Crippen LogP contribution in [0.15, 0.2) is 42.5 Å². The van der Waals surface area contributed by atoms with E-state index in [1.807, 2.05) is 30.3 Å². The Balaban J connectivity index is 1.77. The van der Waals surface area contributed by atoms with E-state index in [9.17, 15) is 9.90 Å². The molecule has 0 amide bonds. The minimum Gasteiger partial charge on any atom is -0.508 e. The molecule has 3 rings (SSSR count). The van der Waals surface area contributed by atoms with Gasteiger partial charge in [0.05, 0.1) is 6.42 Å². The van der Waals surface area contributed by atoms with E-state index in [0.29, 0.717) is 12.4 Å². The molecular weight excluding hydrogens is 330 g/mol. The molecule has 1 N–H and O–H groups in total. The molecule has 0 fully saturated rings. The van der Waals surface area contributed by atoms with Crippen molar-refractivity contribution in [2.24, 2.45) is 0 Å². The molecule has 2 aromatic carbocycles. The fraction of sp³-hybridized carbons (Fsp3) is 0.381. The Kier molecular flexibility index (Phi) is 5.78. The van der Waals surface area contributed by atoms with Crippen molar-refractivity contribution < 1.29 is 19.4 Å². The van der Waals surface area contributed by atoms with E-state index in [1.165, 1.54) is 6.07 Å². The zero-order valence-electron chi connectivity index (χ0n) is 15.3. The van der Waals surface area contributed by atoms with Crippen LogP contribution in [0, 0.1) is 0 Å². The average molecular weight is 355 g/mol. The van der Waals surface area contributed by atoms with E-state index in [0.717, 1.165) is 36.5 Å². The summed E-state index contributed by atoms with van der Waals surface area (Å²) in [4.78, 5) is 14.3. The number of ether oxygens (including phenoxy) is 2. The zero-order chi connectivity index (χ0) is 18.5. The Hall–Kier alpha value is -2.53. The smallest absolute Gasteiger partial charge is 0.312 e. The molecule has 0 aromatic heterocycles. The number of benzene rings is 2. The summed E-state index contributed by atoms with van der Waals surface area (Å²) >= 11 is 0. The van der Waals surface area contributed by atoms with Gasteiger partial charge in [0.25, 0.3) is 0 Å². The molecule has 0 spiro atoms. The molecule has 1 atom stereocenters. The highest BCUT2D eigenvalue weighted by molar-refractivity contribution is 5.78. The third-order valence-corrected chi connectivity index (χ3v) is 4.80. The van der Waals surface area contributed by atoms with Crippen molar-refractivity contribution in [3.8, 4) is 17.2 Å². The fourth-order valence-electron chi connectivity index (χ4n) is 3.29. The summed E-state index contributed by atoms with van der Waals surface area (Å²) in [6, 6.07) is 12.8. The molecule has 2 aromatic rings. The van der Waals surface area contributed by atoms with Gasteiger partial charge in [-0.15, -0.1) is 0 Å². The SMILES string of the molecule is CCN(CC)CCOc1cccc(C2CC(=O)Oc3cc(O)ccc32)c1. The average Bonchev–Trinajstić information content (AvgIpc) is 2.64. The molecule has 26 heavy (non-hydrogen) atoms. The number of fused-ring (bicyclic) bond motifs is 1. The molecular formula is C21H25NO4. The van der Waals surface area contributed by atoms with Crippen LogP contribution in [0.1, 0.15) is 37.3 Å². The lowest BCUT2D eigenvalue weighted by atomic mass is 9.86. The molecule has 138 valence electrons. The van der Waals surface area contributed by atoms with E-state index < -0.39 is 0 Å². The minimum atomic E-state index is -0.291. The first kappa shape index (κ1) is 18.3. The summed E-state index contributed by atoms with van der Waals surface area (Å²) in [5.74, 6) is 0.929.